The number of nitrogens with zero attached hydrogens (tertiary/aromatic N) is 1. The Bertz CT molecular complexity index is 371. The fourth-order valence-electron chi connectivity index (χ4n) is 1.98. The van der Waals surface area contributed by atoms with Crippen molar-refractivity contribution in [1.82, 2.24) is 15.1 Å². The molecule has 0 amide bonds. The molecule has 1 aliphatic rings. The lowest BCUT2D eigenvalue weighted by atomic mass is 10.1. The molecule has 2 N–H and O–H groups in total. The van der Waals surface area contributed by atoms with Crippen molar-refractivity contribution in [3.05, 3.63) is 21.6 Å². The zero-order valence-corrected chi connectivity index (χ0v) is 8.76. The molecule has 0 saturated carbocycles. The van der Waals surface area contributed by atoms with E-state index in [2.05, 4.69) is 10.4 Å². The quantitative estimate of drug-likeness (QED) is 0.693. The molecule has 1 aliphatic heterocycles. The molecule has 2 rings (SSSR count). The number of piperidine rings is 1. The fourth-order valence-corrected chi connectivity index (χ4v) is 1.98. The first kappa shape index (κ1) is 9.52. The largest absolute Gasteiger partial charge is 0.317 e. The van der Waals surface area contributed by atoms with E-state index >= 15 is 0 Å². The highest BCUT2D eigenvalue weighted by molar-refractivity contribution is 5.13. The van der Waals surface area contributed by atoms with Gasteiger partial charge in [0, 0.05) is 11.3 Å². The van der Waals surface area contributed by atoms with Crippen molar-refractivity contribution < 1.29 is 0 Å². The first-order valence-electron chi connectivity index (χ1n) is 5.18. The van der Waals surface area contributed by atoms with Gasteiger partial charge in [-0.3, -0.25) is 9.89 Å². The first-order chi connectivity index (χ1) is 6.70. The van der Waals surface area contributed by atoms with Crippen LogP contribution in [-0.4, -0.2) is 22.9 Å². The Morgan fingerprint density at radius 2 is 1.93 bits per heavy atom. The molecule has 0 spiro atoms. The molecule has 4 nitrogen and oxygen atoms in total. The molecule has 0 atom stereocenters. The van der Waals surface area contributed by atoms with Crippen molar-refractivity contribution in [3.8, 4) is 0 Å². The molecule has 0 radical (unpaired) electrons. The van der Waals surface area contributed by atoms with E-state index in [1.165, 1.54) is 0 Å². The van der Waals surface area contributed by atoms with Crippen LogP contribution < -0.4 is 10.9 Å². The number of aromatic nitrogens is 2. The van der Waals surface area contributed by atoms with Gasteiger partial charge >= 0.3 is 0 Å². The van der Waals surface area contributed by atoms with Crippen LogP contribution in [0.2, 0.25) is 0 Å². The minimum Gasteiger partial charge on any atom is -0.317 e. The highest BCUT2D eigenvalue weighted by Gasteiger charge is 2.18. The van der Waals surface area contributed by atoms with Crippen LogP contribution in [0.4, 0.5) is 0 Å². The van der Waals surface area contributed by atoms with Gasteiger partial charge in [-0.2, -0.15) is 0 Å². The predicted octanol–water partition coefficient (Wildman–Crippen LogP) is 0.718. The maximum Gasteiger partial charge on any atom is 0.269 e. The topological polar surface area (TPSA) is 49.8 Å². The van der Waals surface area contributed by atoms with Gasteiger partial charge in [0.25, 0.3) is 5.56 Å². The summed E-state index contributed by atoms with van der Waals surface area (Å²) in [5.74, 6) is 0. The van der Waals surface area contributed by atoms with Crippen molar-refractivity contribution in [2.75, 3.05) is 13.1 Å². The van der Waals surface area contributed by atoms with Gasteiger partial charge in [0.15, 0.2) is 0 Å². The molecule has 2 heterocycles. The van der Waals surface area contributed by atoms with Crippen molar-refractivity contribution in [3.63, 3.8) is 0 Å². The van der Waals surface area contributed by atoms with Gasteiger partial charge in [0.1, 0.15) is 0 Å². The summed E-state index contributed by atoms with van der Waals surface area (Å²) in [6.45, 7) is 5.85. The molecule has 1 fully saturated rings. The smallest absolute Gasteiger partial charge is 0.269 e. The highest BCUT2D eigenvalue weighted by Crippen LogP contribution is 2.16. The van der Waals surface area contributed by atoms with E-state index in [1.807, 2.05) is 13.8 Å². The summed E-state index contributed by atoms with van der Waals surface area (Å²) < 4.78 is 1.80. The third-order valence-corrected chi connectivity index (χ3v) is 3.06. The van der Waals surface area contributed by atoms with Crippen LogP contribution in [0, 0.1) is 13.8 Å². The molecule has 0 aromatic carbocycles. The molecule has 0 unspecified atom stereocenters. The predicted molar refractivity (Wildman–Crippen MR) is 55.7 cm³/mol. The van der Waals surface area contributed by atoms with Gasteiger partial charge in [0.2, 0.25) is 0 Å². The number of aryl methyl sites for hydroxylation is 1. The number of H-pyrrole nitrogens is 1. The van der Waals surface area contributed by atoms with Crippen LogP contribution in [0.25, 0.3) is 0 Å². The second kappa shape index (κ2) is 3.61. The van der Waals surface area contributed by atoms with Crippen LogP contribution in [0.3, 0.4) is 0 Å². The first-order valence-corrected chi connectivity index (χ1v) is 5.18. The Balaban J connectivity index is 2.31. The van der Waals surface area contributed by atoms with E-state index in [1.54, 1.807) is 4.68 Å². The average Bonchev–Trinajstić information content (AvgIpc) is 2.47. The summed E-state index contributed by atoms with van der Waals surface area (Å²) in [6, 6.07) is 0.358. The van der Waals surface area contributed by atoms with Crippen molar-refractivity contribution in [1.29, 1.82) is 0 Å². The minimum absolute atomic E-state index is 0.148. The lowest BCUT2D eigenvalue weighted by Gasteiger charge is -2.22. The lowest BCUT2D eigenvalue weighted by molar-refractivity contribution is 0.335. The summed E-state index contributed by atoms with van der Waals surface area (Å²) in [7, 11) is 0. The van der Waals surface area contributed by atoms with E-state index in [9.17, 15) is 4.79 Å². The van der Waals surface area contributed by atoms with Gasteiger partial charge in [0.05, 0.1) is 6.04 Å². The van der Waals surface area contributed by atoms with Crippen LogP contribution in [0.15, 0.2) is 4.79 Å². The Morgan fingerprint density at radius 1 is 1.29 bits per heavy atom. The Labute approximate surface area is 83.3 Å². The van der Waals surface area contributed by atoms with E-state index in [-0.39, 0.29) is 5.56 Å². The molecule has 4 heteroatoms. The molecule has 1 saturated heterocycles. The Kier molecular flexibility index (Phi) is 2.46. The fraction of sp³-hybridized carbons (Fsp3) is 0.700. The Morgan fingerprint density at radius 3 is 2.43 bits per heavy atom. The van der Waals surface area contributed by atoms with Gasteiger partial charge in [-0.05, 0) is 39.8 Å². The summed E-state index contributed by atoms with van der Waals surface area (Å²) >= 11 is 0. The SMILES string of the molecule is Cc1[nH]n(C2CCNCC2)c(=O)c1C. The molecular formula is C10H17N3O. The van der Waals surface area contributed by atoms with Gasteiger partial charge < -0.3 is 5.32 Å². The van der Waals surface area contributed by atoms with Gasteiger partial charge in [-0.15, -0.1) is 0 Å². The summed E-state index contributed by atoms with van der Waals surface area (Å²) in [4.78, 5) is 11.8. The van der Waals surface area contributed by atoms with Crippen molar-refractivity contribution >= 4 is 0 Å². The molecule has 1 aromatic heterocycles. The van der Waals surface area contributed by atoms with Crippen LogP contribution in [0.1, 0.15) is 30.1 Å². The van der Waals surface area contributed by atoms with E-state index < -0.39 is 0 Å². The summed E-state index contributed by atoms with van der Waals surface area (Å²) in [6.07, 6.45) is 2.08. The number of aromatic amines is 1. The second-order valence-corrected chi connectivity index (χ2v) is 4.02. The van der Waals surface area contributed by atoms with E-state index in [4.69, 9.17) is 0 Å². The number of hydrogen-bond donors (Lipinski definition) is 2. The van der Waals surface area contributed by atoms with E-state index in [0.29, 0.717) is 6.04 Å². The number of rotatable bonds is 1. The van der Waals surface area contributed by atoms with Gasteiger partial charge in [-0.25, -0.2) is 4.68 Å². The molecule has 1 aromatic rings. The third kappa shape index (κ3) is 1.50. The zero-order chi connectivity index (χ0) is 10.1. The maximum absolute atomic E-state index is 11.8. The number of hydrogen-bond acceptors (Lipinski definition) is 2. The summed E-state index contributed by atoms with van der Waals surface area (Å²) in [5.41, 5.74) is 1.99. The number of nitrogens with one attached hydrogen (secondary N) is 2. The highest BCUT2D eigenvalue weighted by atomic mass is 16.1. The molecule has 0 bridgehead atoms. The van der Waals surface area contributed by atoms with Crippen molar-refractivity contribution in [2.45, 2.75) is 32.7 Å². The lowest BCUT2D eigenvalue weighted by Crippen LogP contribution is -2.33. The second-order valence-electron chi connectivity index (χ2n) is 4.02. The van der Waals surface area contributed by atoms with Gasteiger partial charge in [-0.1, -0.05) is 0 Å². The molecule has 78 valence electrons. The Hall–Kier alpha value is -1.03. The normalized spacial score (nSPS) is 18.7. The zero-order valence-electron chi connectivity index (χ0n) is 8.76. The summed E-state index contributed by atoms with van der Waals surface area (Å²) in [5, 5.41) is 6.45. The average molecular weight is 195 g/mol. The molecule has 0 aliphatic carbocycles. The molecular weight excluding hydrogens is 178 g/mol. The van der Waals surface area contributed by atoms with Crippen molar-refractivity contribution in [2.24, 2.45) is 0 Å². The van der Waals surface area contributed by atoms with Crippen LogP contribution in [0.5, 0.6) is 0 Å². The van der Waals surface area contributed by atoms with E-state index in [0.717, 1.165) is 37.2 Å². The third-order valence-electron chi connectivity index (χ3n) is 3.06. The maximum atomic E-state index is 11.8. The minimum atomic E-state index is 0.148. The molecule has 14 heavy (non-hydrogen) atoms. The standard InChI is InChI=1S/C10H17N3O/c1-7-8(2)12-13(10(7)14)9-3-5-11-6-4-9/h9,11-12H,3-6H2,1-2H3. The monoisotopic (exact) mass is 195 g/mol. The van der Waals surface area contributed by atoms with Crippen LogP contribution in [-0.2, 0) is 0 Å². The van der Waals surface area contributed by atoms with Crippen LogP contribution >= 0.6 is 0 Å².